The first-order chi connectivity index (χ1) is 23.0. The van der Waals surface area contributed by atoms with Crippen molar-refractivity contribution >= 4 is 51.4 Å². The minimum absolute atomic E-state index is 0.147. The van der Waals surface area contributed by atoms with Crippen molar-refractivity contribution in [1.82, 2.24) is 0 Å². The predicted octanol–water partition coefficient (Wildman–Crippen LogP) is 6.47. The van der Waals surface area contributed by atoms with Crippen molar-refractivity contribution in [2.45, 2.75) is 12.8 Å². The van der Waals surface area contributed by atoms with Gasteiger partial charge in [0.25, 0.3) is 0 Å². The normalized spacial score (nSPS) is 9.87. The molecule has 0 aromatic heterocycles. The Bertz CT molecular complexity index is 1590. The van der Waals surface area contributed by atoms with Gasteiger partial charge in [0.2, 0.25) is 0 Å². The van der Waals surface area contributed by atoms with Crippen LogP contribution >= 0.6 is 0 Å². The second-order valence-corrected chi connectivity index (χ2v) is 14.5. The van der Waals surface area contributed by atoms with E-state index in [4.69, 9.17) is 0 Å². The SMILES string of the molecule is [OH+]=C(CC(=[OH+])c1ccccc1)c1ccccc1.[OH+]=C(CC(=[OH+])c1ccccc1)c1ccccc1.c1cc[c]([Sn][c]2ccccc2)cc1. The topological polar surface area (TPSA) is 85.6 Å². The zero-order valence-electron chi connectivity index (χ0n) is 26.0. The first kappa shape index (κ1) is 34.7. The Balaban J connectivity index is 0.000000161. The van der Waals surface area contributed by atoms with Crippen LogP contribution in [-0.4, -0.2) is 63.5 Å². The zero-order valence-corrected chi connectivity index (χ0v) is 28.9. The standard InChI is InChI=1S/2C15H12O2.2C6H5.Sn/c2*16-14(12-7-3-1-4-8-12)11-15(17)13-9-5-2-6-10-13;2*1-2-4-6-5-3-1;/h2*1-10H,11H2;2*1-5H;/p+4. The molecule has 0 heterocycles. The van der Waals surface area contributed by atoms with Crippen molar-refractivity contribution in [2.24, 2.45) is 0 Å². The summed E-state index contributed by atoms with van der Waals surface area (Å²) in [6.45, 7) is 0. The molecule has 0 aliphatic carbocycles. The molecule has 0 saturated heterocycles. The number of hydrogen-bond donors (Lipinski definition) is 0. The fourth-order valence-corrected chi connectivity index (χ4v) is 7.46. The molecule has 0 aliphatic rings. The maximum absolute atomic E-state index is 9.89. The van der Waals surface area contributed by atoms with Crippen LogP contribution in [0.5, 0.6) is 0 Å². The van der Waals surface area contributed by atoms with E-state index >= 15 is 0 Å². The summed E-state index contributed by atoms with van der Waals surface area (Å²) in [6, 6.07) is 58.5. The minimum atomic E-state index is -0.517. The van der Waals surface area contributed by atoms with Crippen LogP contribution in [-0.2, 0) is 0 Å². The Kier molecular flexibility index (Phi) is 14.3. The summed E-state index contributed by atoms with van der Waals surface area (Å²) in [7, 11) is 0. The van der Waals surface area contributed by atoms with Crippen molar-refractivity contribution in [3.05, 3.63) is 204 Å². The number of rotatable bonds is 10. The van der Waals surface area contributed by atoms with Crippen LogP contribution in [0.3, 0.4) is 0 Å². The molecule has 6 aromatic carbocycles. The van der Waals surface area contributed by atoms with E-state index in [9.17, 15) is 19.2 Å². The third-order valence-electron chi connectivity index (χ3n) is 6.93. The fraction of sp³-hybridized carbons (Fsp3) is 0.0476. The maximum atomic E-state index is 9.89. The van der Waals surface area contributed by atoms with Gasteiger partial charge in [-0.15, -0.1) is 0 Å². The van der Waals surface area contributed by atoms with Gasteiger partial charge in [-0.2, -0.15) is 0 Å². The van der Waals surface area contributed by atoms with Gasteiger partial charge >= 0.3 is 112 Å². The number of benzene rings is 6. The molecule has 0 spiro atoms. The third-order valence-corrected chi connectivity index (χ3v) is 10.5. The molecule has 47 heavy (non-hydrogen) atoms. The molecule has 0 fully saturated rings. The Morgan fingerprint density at radius 3 is 0.702 bits per heavy atom. The molecule has 0 bridgehead atoms. The number of ketones is 4. The Labute approximate surface area is 286 Å². The van der Waals surface area contributed by atoms with E-state index < -0.39 is 21.1 Å². The van der Waals surface area contributed by atoms with Gasteiger partial charge in [-0.25, -0.2) is 0 Å². The zero-order chi connectivity index (χ0) is 33.1. The summed E-state index contributed by atoms with van der Waals surface area (Å²) >= 11 is -0.517. The number of carbonyl (C=O) groups excluding carboxylic acids is 4. The Morgan fingerprint density at radius 1 is 0.298 bits per heavy atom. The monoisotopic (exact) mass is 726 g/mol. The van der Waals surface area contributed by atoms with Gasteiger partial charge in [-0.05, 0) is 48.5 Å². The molecule has 6 rings (SSSR count). The molecule has 0 unspecified atom stereocenters. The molecule has 230 valence electrons. The van der Waals surface area contributed by atoms with E-state index in [2.05, 4.69) is 60.7 Å². The van der Waals surface area contributed by atoms with Gasteiger partial charge in [0.15, 0.2) is 12.8 Å². The van der Waals surface area contributed by atoms with Crippen LogP contribution in [0.1, 0.15) is 35.1 Å². The molecule has 0 aliphatic heterocycles. The first-order valence-electron chi connectivity index (χ1n) is 15.3. The van der Waals surface area contributed by atoms with Gasteiger partial charge in [-0.1, -0.05) is 72.8 Å². The van der Waals surface area contributed by atoms with Crippen molar-refractivity contribution in [3.63, 3.8) is 0 Å². The molecule has 0 amide bonds. The molecular weight excluding hydrogens is 687 g/mol. The average Bonchev–Trinajstić information content (AvgIpc) is 3.14. The molecule has 4 nitrogen and oxygen atoms in total. The van der Waals surface area contributed by atoms with Crippen LogP contribution < -0.4 is 7.16 Å². The second kappa shape index (κ2) is 19.3. The van der Waals surface area contributed by atoms with Gasteiger partial charge in [0.05, 0.1) is 22.3 Å². The van der Waals surface area contributed by atoms with Crippen LogP contribution in [0.4, 0.5) is 0 Å². The summed E-state index contributed by atoms with van der Waals surface area (Å²) in [4.78, 5) is 39.6. The van der Waals surface area contributed by atoms with Crippen LogP contribution in [0.25, 0.3) is 0 Å². The van der Waals surface area contributed by atoms with E-state index in [0.717, 1.165) is 22.3 Å². The quantitative estimate of drug-likeness (QED) is 0.0672. The Hall–Kier alpha value is -5.20. The summed E-state index contributed by atoms with van der Waals surface area (Å²) in [5.74, 6) is 0.692. The van der Waals surface area contributed by atoms with E-state index in [0.29, 0.717) is 0 Å². The van der Waals surface area contributed by atoms with E-state index in [-0.39, 0.29) is 36.0 Å². The summed E-state index contributed by atoms with van der Waals surface area (Å²) < 4.78 is 3.08. The molecule has 0 atom stereocenters. The van der Waals surface area contributed by atoms with Gasteiger partial charge in [0.1, 0.15) is 0 Å². The van der Waals surface area contributed by atoms with Gasteiger partial charge in [0, 0.05) is 0 Å². The third kappa shape index (κ3) is 12.3. The molecule has 6 aromatic rings. The summed E-state index contributed by atoms with van der Waals surface area (Å²) in [6.07, 6.45) is 0.294. The van der Waals surface area contributed by atoms with E-state index in [1.54, 1.807) is 0 Å². The van der Waals surface area contributed by atoms with Gasteiger partial charge in [-0.3, -0.25) is 19.2 Å². The second-order valence-electron chi connectivity index (χ2n) is 10.5. The molecule has 4 N–H and O–H groups in total. The van der Waals surface area contributed by atoms with Crippen molar-refractivity contribution in [3.8, 4) is 0 Å². The van der Waals surface area contributed by atoms with Crippen molar-refractivity contribution < 1.29 is 19.2 Å². The first-order valence-corrected chi connectivity index (χ1v) is 18.1. The molecule has 5 heteroatoms. The molecule has 2 radical (unpaired) electrons. The predicted molar refractivity (Wildman–Crippen MR) is 197 cm³/mol. The average molecular weight is 725 g/mol. The van der Waals surface area contributed by atoms with E-state index in [1.807, 2.05) is 121 Å². The molecular formula is C42H38O4Sn+4. The summed E-state index contributed by atoms with van der Waals surface area (Å²) in [5, 5.41) is 0. The summed E-state index contributed by atoms with van der Waals surface area (Å²) in [5.41, 5.74) is 2.93. The Morgan fingerprint density at radius 2 is 0.489 bits per heavy atom. The van der Waals surface area contributed by atoms with Crippen LogP contribution in [0, 0.1) is 0 Å². The van der Waals surface area contributed by atoms with Crippen molar-refractivity contribution in [2.75, 3.05) is 0 Å². The van der Waals surface area contributed by atoms with Crippen LogP contribution in [0.2, 0.25) is 0 Å². The van der Waals surface area contributed by atoms with Crippen LogP contribution in [0.15, 0.2) is 182 Å². The van der Waals surface area contributed by atoms with E-state index in [1.165, 1.54) is 7.16 Å². The number of hydrogen-bond acceptors (Lipinski definition) is 0. The van der Waals surface area contributed by atoms with Crippen molar-refractivity contribution in [1.29, 1.82) is 0 Å². The fourth-order valence-electron chi connectivity index (χ4n) is 4.46. The molecule has 0 saturated carbocycles. The van der Waals surface area contributed by atoms with Gasteiger partial charge < -0.3 is 0 Å².